The van der Waals surface area contributed by atoms with E-state index < -0.39 is 5.97 Å². The van der Waals surface area contributed by atoms with Crippen LogP contribution in [0.2, 0.25) is 0 Å². The molecule has 1 aromatic carbocycles. The minimum absolute atomic E-state index is 0.230. The molecule has 0 radical (unpaired) electrons. The van der Waals surface area contributed by atoms with Crippen LogP contribution in [0.4, 0.5) is 0 Å². The van der Waals surface area contributed by atoms with E-state index in [0.717, 1.165) is 6.42 Å². The Morgan fingerprint density at radius 3 is 2.68 bits per heavy atom. The normalized spacial score (nSPS) is 15.3. The zero-order valence-corrected chi connectivity index (χ0v) is 13.2. The summed E-state index contributed by atoms with van der Waals surface area (Å²) in [7, 11) is 0. The second-order valence-electron chi connectivity index (χ2n) is 5.77. The molecule has 0 aromatic heterocycles. The van der Waals surface area contributed by atoms with Crippen LogP contribution in [-0.2, 0) is 9.53 Å². The van der Waals surface area contributed by atoms with Crippen molar-refractivity contribution in [2.45, 2.75) is 51.9 Å². The van der Waals surface area contributed by atoms with E-state index in [1.807, 2.05) is 0 Å². The van der Waals surface area contributed by atoms with Crippen LogP contribution in [-0.4, -0.2) is 18.5 Å². The molecule has 22 heavy (non-hydrogen) atoms. The largest absolute Gasteiger partial charge is 0.462 e. The standard InChI is InChI=1S/C18H24O4/c1-2-21-18(20)15-9-6-10-16(13-15)22-17(19)12-11-14-7-4-3-5-8-14/h6,9-10,13-14H,2-5,7-8,11-12H2,1H3. The van der Waals surface area contributed by atoms with Gasteiger partial charge in [0.2, 0.25) is 0 Å². The number of carbonyl (C=O) groups is 2. The highest BCUT2D eigenvalue weighted by Gasteiger charge is 2.16. The van der Waals surface area contributed by atoms with Crippen LogP contribution < -0.4 is 4.74 Å². The first kappa shape index (κ1) is 16.5. The molecule has 4 nitrogen and oxygen atoms in total. The summed E-state index contributed by atoms with van der Waals surface area (Å²) in [6, 6.07) is 6.57. The molecule has 4 heteroatoms. The third-order valence-corrected chi connectivity index (χ3v) is 4.06. The van der Waals surface area contributed by atoms with E-state index in [0.29, 0.717) is 30.3 Å². The molecule has 1 saturated carbocycles. The van der Waals surface area contributed by atoms with Gasteiger partial charge in [-0.15, -0.1) is 0 Å². The van der Waals surface area contributed by atoms with Crippen LogP contribution in [0.3, 0.4) is 0 Å². The molecule has 0 atom stereocenters. The Bertz CT molecular complexity index is 504. The van der Waals surface area contributed by atoms with Crippen molar-refractivity contribution in [1.29, 1.82) is 0 Å². The summed E-state index contributed by atoms with van der Waals surface area (Å²) in [4.78, 5) is 23.6. The quantitative estimate of drug-likeness (QED) is 0.586. The van der Waals surface area contributed by atoms with Crippen LogP contribution in [0, 0.1) is 5.92 Å². The van der Waals surface area contributed by atoms with Crippen LogP contribution in [0.5, 0.6) is 5.75 Å². The van der Waals surface area contributed by atoms with Gasteiger partial charge in [-0.2, -0.15) is 0 Å². The second kappa shape index (κ2) is 8.57. The Hall–Kier alpha value is -1.84. The predicted octanol–water partition coefficient (Wildman–Crippen LogP) is 4.13. The molecule has 120 valence electrons. The summed E-state index contributed by atoms with van der Waals surface area (Å²) in [5.74, 6) is 0.431. The SMILES string of the molecule is CCOC(=O)c1cccc(OC(=O)CCC2CCCCC2)c1. The summed E-state index contributed by atoms with van der Waals surface area (Å²) in [5.41, 5.74) is 0.402. The molecule has 0 heterocycles. The maximum atomic E-state index is 11.9. The van der Waals surface area contributed by atoms with E-state index in [1.165, 1.54) is 32.1 Å². The lowest BCUT2D eigenvalue weighted by Crippen LogP contribution is -2.13. The molecule has 1 aliphatic rings. The first-order chi connectivity index (χ1) is 10.7. The average molecular weight is 304 g/mol. The first-order valence-electron chi connectivity index (χ1n) is 8.17. The van der Waals surface area contributed by atoms with Crippen LogP contribution in [0.25, 0.3) is 0 Å². The van der Waals surface area contributed by atoms with E-state index in [2.05, 4.69) is 0 Å². The van der Waals surface area contributed by atoms with Gasteiger partial charge in [0, 0.05) is 6.42 Å². The van der Waals surface area contributed by atoms with E-state index in [1.54, 1.807) is 31.2 Å². The number of hydrogen-bond acceptors (Lipinski definition) is 4. The Morgan fingerprint density at radius 2 is 1.95 bits per heavy atom. The highest BCUT2D eigenvalue weighted by atomic mass is 16.5. The lowest BCUT2D eigenvalue weighted by molar-refractivity contribution is -0.134. The lowest BCUT2D eigenvalue weighted by atomic mass is 9.86. The molecule has 2 rings (SSSR count). The second-order valence-corrected chi connectivity index (χ2v) is 5.77. The molecule has 0 bridgehead atoms. The van der Waals surface area contributed by atoms with E-state index in [-0.39, 0.29) is 5.97 Å². The number of rotatable bonds is 6. The number of ether oxygens (including phenoxy) is 2. The van der Waals surface area contributed by atoms with Crippen LogP contribution in [0.15, 0.2) is 24.3 Å². The predicted molar refractivity (Wildman–Crippen MR) is 83.8 cm³/mol. The van der Waals surface area contributed by atoms with Crippen molar-refractivity contribution in [2.75, 3.05) is 6.61 Å². The third-order valence-electron chi connectivity index (χ3n) is 4.06. The highest BCUT2D eigenvalue weighted by Crippen LogP contribution is 2.27. The topological polar surface area (TPSA) is 52.6 Å². The van der Waals surface area contributed by atoms with E-state index in [9.17, 15) is 9.59 Å². The van der Waals surface area contributed by atoms with Gasteiger partial charge in [0.25, 0.3) is 0 Å². The van der Waals surface area contributed by atoms with E-state index in [4.69, 9.17) is 9.47 Å². The summed E-state index contributed by atoms with van der Waals surface area (Å²) in [5, 5.41) is 0. The molecule has 1 aromatic rings. The molecular weight excluding hydrogens is 280 g/mol. The minimum atomic E-state index is -0.400. The van der Waals surface area contributed by atoms with Crippen molar-refractivity contribution in [3.05, 3.63) is 29.8 Å². The molecule has 1 aliphatic carbocycles. The summed E-state index contributed by atoms with van der Waals surface area (Å²) < 4.78 is 10.3. The van der Waals surface area contributed by atoms with Crippen molar-refractivity contribution >= 4 is 11.9 Å². The fourth-order valence-electron chi connectivity index (χ4n) is 2.88. The summed E-state index contributed by atoms with van der Waals surface area (Å²) in [6.45, 7) is 2.08. The smallest absolute Gasteiger partial charge is 0.338 e. The maximum Gasteiger partial charge on any atom is 0.338 e. The van der Waals surface area contributed by atoms with Crippen molar-refractivity contribution in [3.8, 4) is 5.75 Å². The number of hydrogen-bond donors (Lipinski definition) is 0. The Balaban J connectivity index is 1.83. The fourth-order valence-corrected chi connectivity index (χ4v) is 2.88. The molecule has 1 fully saturated rings. The van der Waals surface area contributed by atoms with Gasteiger partial charge in [-0.05, 0) is 37.5 Å². The highest BCUT2D eigenvalue weighted by molar-refractivity contribution is 5.90. The maximum absolute atomic E-state index is 11.9. The van der Waals surface area contributed by atoms with Gasteiger partial charge in [0.15, 0.2) is 0 Å². The molecule has 0 aliphatic heterocycles. The van der Waals surface area contributed by atoms with Crippen LogP contribution in [0.1, 0.15) is 62.2 Å². The number of esters is 2. The average Bonchev–Trinajstić information content (AvgIpc) is 2.54. The van der Waals surface area contributed by atoms with Crippen molar-refractivity contribution < 1.29 is 19.1 Å². The van der Waals surface area contributed by atoms with Crippen molar-refractivity contribution in [1.82, 2.24) is 0 Å². The van der Waals surface area contributed by atoms with Gasteiger partial charge in [0.05, 0.1) is 12.2 Å². The molecular formula is C18H24O4. The Kier molecular flexibility index (Phi) is 6.44. The molecule has 0 spiro atoms. The van der Waals surface area contributed by atoms with Crippen molar-refractivity contribution in [3.63, 3.8) is 0 Å². The first-order valence-corrected chi connectivity index (χ1v) is 8.17. The van der Waals surface area contributed by atoms with Gasteiger partial charge < -0.3 is 9.47 Å². The van der Waals surface area contributed by atoms with Gasteiger partial charge in [-0.1, -0.05) is 38.2 Å². The molecule has 0 saturated heterocycles. The van der Waals surface area contributed by atoms with Gasteiger partial charge >= 0.3 is 11.9 Å². The number of carbonyl (C=O) groups excluding carboxylic acids is 2. The third kappa shape index (κ3) is 5.17. The van der Waals surface area contributed by atoms with Gasteiger partial charge in [-0.3, -0.25) is 4.79 Å². The minimum Gasteiger partial charge on any atom is -0.462 e. The van der Waals surface area contributed by atoms with Crippen molar-refractivity contribution in [2.24, 2.45) is 5.92 Å². The van der Waals surface area contributed by atoms with E-state index >= 15 is 0 Å². The molecule has 0 amide bonds. The fraction of sp³-hybridized carbons (Fsp3) is 0.556. The van der Waals surface area contributed by atoms with Gasteiger partial charge in [-0.25, -0.2) is 4.79 Å². The summed E-state index contributed by atoms with van der Waals surface area (Å²) >= 11 is 0. The molecule has 0 N–H and O–H groups in total. The monoisotopic (exact) mass is 304 g/mol. The van der Waals surface area contributed by atoms with Gasteiger partial charge in [0.1, 0.15) is 5.75 Å². The summed E-state index contributed by atoms with van der Waals surface area (Å²) in [6.07, 6.45) is 7.67. The zero-order valence-electron chi connectivity index (χ0n) is 13.2. The number of benzene rings is 1. The lowest BCUT2D eigenvalue weighted by Gasteiger charge is -2.20. The molecule has 0 unspecified atom stereocenters. The Labute approximate surface area is 131 Å². The Morgan fingerprint density at radius 1 is 1.18 bits per heavy atom. The zero-order chi connectivity index (χ0) is 15.8. The van der Waals surface area contributed by atoms with Crippen LogP contribution >= 0.6 is 0 Å².